The summed E-state index contributed by atoms with van der Waals surface area (Å²) in [4.78, 5) is 0. The monoisotopic (exact) mass is 207 g/mol. The maximum atomic E-state index is 9.52. The van der Waals surface area contributed by atoms with Crippen molar-refractivity contribution in [3.8, 4) is 0 Å². The molecule has 4 nitrogen and oxygen atoms in total. The van der Waals surface area contributed by atoms with Crippen LogP contribution in [0.4, 0.5) is 0 Å². The molecule has 2 unspecified atom stereocenters. The van der Waals surface area contributed by atoms with Crippen molar-refractivity contribution < 1.29 is 5.11 Å². The zero-order valence-corrected chi connectivity index (χ0v) is 8.95. The summed E-state index contributed by atoms with van der Waals surface area (Å²) in [6.45, 7) is 2.11. The molecule has 1 aromatic heterocycles. The van der Waals surface area contributed by atoms with Crippen molar-refractivity contribution in [3.05, 3.63) is 17.0 Å². The van der Waals surface area contributed by atoms with Crippen LogP contribution in [0.1, 0.15) is 42.6 Å². The van der Waals surface area contributed by atoms with Gasteiger partial charge >= 0.3 is 0 Å². The molecule has 1 saturated carbocycles. The summed E-state index contributed by atoms with van der Waals surface area (Å²) in [7, 11) is 0. The van der Waals surface area contributed by atoms with Crippen molar-refractivity contribution >= 4 is 0 Å². The first-order valence-corrected chi connectivity index (χ1v) is 5.64. The second-order valence-corrected chi connectivity index (χ2v) is 5.04. The van der Waals surface area contributed by atoms with Gasteiger partial charge in [0.2, 0.25) is 0 Å². The average molecular weight is 207 g/mol. The highest BCUT2D eigenvalue weighted by atomic mass is 16.3. The molecule has 0 aromatic carbocycles. The summed E-state index contributed by atoms with van der Waals surface area (Å²) in [5, 5.41) is 17.0. The van der Waals surface area contributed by atoms with Gasteiger partial charge in [-0.05, 0) is 25.2 Å². The second kappa shape index (κ2) is 2.83. The summed E-state index contributed by atoms with van der Waals surface area (Å²) in [6.07, 6.45) is 3.34. The third-order valence-corrected chi connectivity index (χ3v) is 3.95. The van der Waals surface area contributed by atoms with E-state index < -0.39 is 5.54 Å². The zero-order chi connectivity index (χ0) is 10.6. The van der Waals surface area contributed by atoms with Crippen molar-refractivity contribution in [1.29, 1.82) is 0 Å². The molecule has 1 fully saturated rings. The number of aliphatic hydroxyl groups is 1. The Balaban J connectivity index is 2.11. The maximum absolute atomic E-state index is 9.52. The van der Waals surface area contributed by atoms with Gasteiger partial charge in [-0.25, -0.2) is 0 Å². The molecular weight excluding hydrogens is 190 g/mol. The van der Waals surface area contributed by atoms with E-state index in [0.717, 1.165) is 23.4 Å². The van der Waals surface area contributed by atoms with E-state index in [9.17, 15) is 5.11 Å². The number of hydrogen-bond donors (Lipinski definition) is 3. The zero-order valence-electron chi connectivity index (χ0n) is 8.95. The molecule has 0 amide bonds. The first kappa shape index (κ1) is 9.36. The molecule has 1 aromatic rings. The standard InChI is InChI=1S/C11H17N3O/c1-6-4-8-9(11(6,12)5-15)10(14-13-8)7-2-3-7/h6-7,15H,2-5,12H2,1H3,(H,13,14). The lowest BCUT2D eigenvalue weighted by Crippen LogP contribution is -2.44. The van der Waals surface area contributed by atoms with Gasteiger partial charge in [-0.15, -0.1) is 0 Å². The van der Waals surface area contributed by atoms with E-state index in [0.29, 0.717) is 11.8 Å². The summed E-state index contributed by atoms with van der Waals surface area (Å²) in [5.41, 5.74) is 9.11. The van der Waals surface area contributed by atoms with Crippen LogP contribution >= 0.6 is 0 Å². The van der Waals surface area contributed by atoms with Crippen LogP contribution in [0.15, 0.2) is 0 Å². The fourth-order valence-corrected chi connectivity index (χ4v) is 2.68. The molecule has 0 bridgehead atoms. The lowest BCUT2D eigenvalue weighted by atomic mass is 9.85. The number of nitrogens with one attached hydrogen (secondary N) is 1. The van der Waals surface area contributed by atoms with E-state index in [-0.39, 0.29) is 6.61 Å². The molecule has 0 spiro atoms. The van der Waals surface area contributed by atoms with E-state index in [1.807, 2.05) is 0 Å². The molecule has 2 aliphatic rings. The molecule has 2 aliphatic carbocycles. The highest BCUT2D eigenvalue weighted by Gasteiger charge is 2.46. The smallest absolute Gasteiger partial charge is 0.0710 e. The molecule has 2 atom stereocenters. The number of nitrogens with two attached hydrogens (primary N) is 1. The number of aliphatic hydroxyl groups excluding tert-OH is 1. The van der Waals surface area contributed by atoms with Crippen molar-refractivity contribution in [2.45, 2.75) is 37.6 Å². The van der Waals surface area contributed by atoms with Gasteiger partial charge in [0.05, 0.1) is 17.8 Å². The van der Waals surface area contributed by atoms with Gasteiger partial charge in [-0.2, -0.15) is 5.10 Å². The molecule has 4 N–H and O–H groups in total. The average Bonchev–Trinajstić information content (AvgIpc) is 2.94. The lowest BCUT2D eigenvalue weighted by molar-refractivity contribution is 0.158. The maximum Gasteiger partial charge on any atom is 0.0710 e. The minimum atomic E-state index is -0.569. The van der Waals surface area contributed by atoms with Gasteiger partial charge in [0.15, 0.2) is 0 Å². The van der Waals surface area contributed by atoms with Crippen LogP contribution in [-0.4, -0.2) is 21.9 Å². The Morgan fingerprint density at radius 3 is 2.93 bits per heavy atom. The molecule has 4 heteroatoms. The first-order valence-electron chi connectivity index (χ1n) is 5.64. The Morgan fingerprint density at radius 1 is 1.60 bits per heavy atom. The molecule has 0 radical (unpaired) electrons. The molecular formula is C11H17N3O. The number of hydrogen-bond acceptors (Lipinski definition) is 3. The summed E-state index contributed by atoms with van der Waals surface area (Å²) >= 11 is 0. The van der Waals surface area contributed by atoms with Crippen LogP contribution in [-0.2, 0) is 12.0 Å². The Morgan fingerprint density at radius 2 is 2.33 bits per heavy atom. The van der Waals surface area contributed by atoms with Crippen LogP contribution < -0.4 is 5.73 Å². The predicted octanol–water partition coefficient (Wildman–Crippen LogP) is 0.626. The van der Waals surface area contributed by atoms with E-state index in [4.69, 9.17) is 5.73 Å². The third-order valence-electron chi connectivity index (χ3n) is 3.95. The summed E-state index contributed by atoms with van der Waals surface area (Å²) < 4.78 is 0. The third kappa shape index (κ3) is 1.12. The quantitative estimate of drug-likeness (QED) is 0.665. The van der Waals surface area contributed by atoms with E-state index in [2.05, 4.69) is 17.1 Å². The van der Waals surface area contributed by atoms with Gasteiger partial charge < -0.3 is 10.8 Å². The number of rotatable bonds is 2. The molecule has 15 heavy (non-hydrogen) atoms. The number of aromatic nitrogens is 2. The van der Waals surface area contributed by atoms with Crippen LogP contribution in [0.3, 0.4) is 0 Å². The van der Waals surface area contributed by atoms with Crippen LogP contribution in [0.2, 0.25) is 0 Å². The number of nitrogens with zero attached hydrogens (tertiary/aromatic N) is 1. The van der Waals surface area contributed by atoms with E-state index >= 15 is 0 Å². The van der Waals surface area contributed by atoms with Crippen molar-refractivity contribution in [1.82, 2.24) is 10.2 Å². The second-order valence-electron chi connectivity index (χ2n) is 5.04. The molecule has 82 valence electrons. The highest BCUT2D eigenvalue weighted by molar-refractivity contribution is 5.42. The van der Waals surface area contributed by atoms with Gasteiger partial charge in [-0.1, -0.05) is 6.92 Å². The SMILES string of the molecule is CC1Cc2[nH]nc(C3CC3)c2C1(N)CO. The van der Waals surface area contributed by atoms with Crippen molar-refractivity contribution in [2.75, 3.05) is 6.61 Å². The molecule has 3 rings (SSSR count). The van der Waals surface area contributed by atoms with Crippen LogP contribution in [0.25, 0.3) is 0 Å². The molecule has 1 heterocycles. The topological polar surface area (TPSA) is 74.9 Å². The number of aromatic amines is 1. The highest BCUT2D eigenvalue weighted by Crippen LogP contribution is 2.48. The molecule has 0 saturated heterocycles. The van der Waals surface area contributed by atoms with Crippen molar-refractivity contribution in [2.24, 2.45) is 11.7 Å². The van der Waals surface area contributed by atoms with Crippen molar-refractivity contribution in [3.63, 3.8) is 0 Å². The Hall–Kier alpha value is -0.870. The fourth-order valence-electron chi connectivity index (χ4n) is 2.68. The van der Waals surface area contributed by atoms with Gasteiger partial charge in [0.1, 0.15) is 0 Å². The largest absolute Gasteiger partial charge is 0.394 e. The Kier molecular flexibility index (Phi) is 1.77. The van der Waals surface area contributed by atoms with Crippen LogP contribution in [0.5, 0.6) is 0 Å². The Labute approximate surface area is 88.9 Å². The first-order chi connectivity index (χ1) is 7.16. The normalized spacial score (nSPS) is 34.5. The lowest BCUT2D eigenvalue weighted by Gasteiger charge is -2.28. The minimum Gasteiger partial charge on any atom is -0.394 e. The Bertz CT molecular complexity index is 397. The van der Waals surface area contributed by atoms with Gasteiger partial charge in [0.25, 0.3) is 0 Å². The molecule has 0 aliphatic heterocycles. The minimum absolute atomic E-state index is 0.0143. The summed E-state index contributed by atoms with van der Waals surface area (Å²) in [6, 6.07) is 0. The predicted molar refractivity (Wildman–Crippen MR) is 56.4 cm³/mol. The van der Waals surface area contributed by atoms with E-state index in [1.54, 1.807) is 0 Å². The summed E-state index contributed by atoms with van der Waals surface area (Å²) in [5.74, 6) is 0.883. The van der Waals surface area contributed by atoms with E-state index in [1.165, 1.54) is 12.8 Å². The van der Waals surface area contributed by atoms with Crippen LogP contribution in [0, 0.1) is 5.92 Å². The van der Waals surface area contributed by atoms with Gasteiger partial charge in [0, 0.05) is 17.2 Å². The number of fused-ring (bicyclic) bond motifs is 1. The van der Waals surface area contributed by atoms with Gasteiger partial charge in [-0.3, -0.25) is 5.10 Å². The fraction of sp³-hybridized carbons (Fsp3) is 0.727. The number of H-pyrrole nitrogens is 1.